The Balaban J connectivity index is 1.03. The Morgan fingerprint density at radius 3 is 2.50 bits per heavy atom. The van der Waals surface area contributed by atoms with Crippen LogP contribution in [0.3, 0.4) is 0 Å². The topological polar surface area (TPSA) is 120 Å². The van der Waals surface area contributed by atoms with Gasteiger partial charge in [0.25, 0.3) is 5.88 Å². The monoisotopic (exact) mass is 657 g/mol. The number of hydrogen-bond donors (Lipinski definition) is 1. The van der Waals surface area contributed by atoms with Crippen LogP contribution >= 0.6 is 11.6 Å². The minimum Gasteiger partial charge on any atom is -0.472 e. The number of piperidine rings is 1. The molecule has 1 N–H and O–H groups in total. The molecule has 5 aromatic rings. The molecule has 2 saturated heterocycles. The van der Waals surface area contributed by atoms with E-state index in [0.29, 0.717) is 68.4 Å². The molecular formula is C30H28ClF4N9O2. The molecule has 0 saturated carbocycles. The summed E-state index contributed by atoms with van der Waals surface area (Å²) >= 11 is 5.97. The summed E-state index contributed by atoms with van der Waals surface area (Å²) in [7, 11) is 0. The van der Waals surface area contributed by atoms with Crippen molar-refractivity contribution in [3.05, 3.63) is 76.6 Å². The van der Waals surface area contributed by atoms with Gasteiger partial charge in [0.2, 0.25) is 11.6 Å². The molecule has 4 aromatic heterocycles. The van der Waals surface area contributed by atoms with Gasteiger partial charge in [-0.25, -0.2) is 9.97 Å². The van der Waals surface area contributed by atoms with Gasteiger partial charge in [-0.2, -0.15) is 22.5 Å². The molecule has 2 fully saturated rings. The Bertz CT molecular complexity index is 1830. The number of fused-ring (bicyclic) bond motifs is 1. The lowest BCUT2D eigenvalue weighted by Gasteiger charge is -2.32. The van der Waals surface area contributed by atoms with Gasteiger partial charge < -0.3 is 19.0 Å². The van der Waals surface area contributed by atoms with Gasteiger partial charge in [0.15, 0.2) is 5.82 Å². The molecule has 0 spiro atoms. The van der Waals surface area contributed by atoms with Crippen molar-refractivity contribution in [3.8, 4) is 17.4 Å². The van der Waals surface area contributed by atoms with Gasteiger partial charge in [0, 0.05) is 31.1 Å². The summed E-state index contributed by atoms with van der Waals surface area (Å²) in [4.78, 5) is 22.1. The maximum atomic E-state index is 14.6. The highest BCUT2D eigenvalue weighted by atomic mass is 35.5. The highest BCUT2D eigenvalue weighted by Crippen LogP contribution is 2.29. The minimum atomic E-state index is -4.64. The van der Waals surface area contributed by atoms with E-state index in [-0.39, 0.29) is 29.6 Å². The van der Waals surface area contributed by atoms with Crippen LogP contribution in [0.5, 0.6) is 5.88 Å². The van der Waals surface area contributed by atoms with Crippen LogP contribution in [-0.2, 0) is 30.4 Å². The quantitative estimate of drug-likeness (QED) is 0.212. The largest absolute Gasteiger partial charge is 0.472 e. The van der Waals surface area contributed by atoms with E-state index in [1.165, 1.54) is 0 Å². The van der Waals surface area contributed by atoms with Crippen LogP contribution in [0, 0.1) is 5.82 Å². The highest BCUT2D eigenvalue weighted by Gasteiger charge is 2.35. The van der Waals surface area contributed by atoms with E-state index in [4.69, 9.17) is 26.1 Å². The predicted octanol–water partition coefficient (Wildman–Crippen LogP) is 5.24. The number of ether oxygens (including phenoxy) is 2. The average molecular weight is 658 g/mol. The van der Waals surface area contributed by atoms with E-state index in [2.05, 4.69) is 39.6 Å². The fourth-order valence-electron chi connectivity index (χ4n) is 5.55. The molecule has 0 radical (unpaired) electrons. The fraction of sp³-hybridized carbons (Fsp3) is 0.400. The van der Waals surface area contributed by atoms with Crippen LogP contribution < -0.4 is 4.74 Å². The third kappa shape index (κ3) is 6.66. The van der Waals surface area contributed by atoms with Crippen LogP contribution in [0.25, 0.3) is 22.6 Å². The fourth-order valence-corrected chi connectivity index (χ4v) is 5.67. The standard InChI is InChI=1S/C30H28ClF4N9O2/c31-18-3-1-17(2-4-18)11-25-37-13-21(32)28(39-25)46-19-5-8-43(9-6-19)16-26-38-22-12-23(27-40-29(42-41-27)30(33,34)35)36-14-24(22)44(26)15-20-7-10-45-20/h1-4,12-14,19-20H,5-11,15-16H2,(H,40,41,42)/t20-/m0/s1. The molecule has 6 heterocycles. The summed E-state index contributed by atoms with van der Waals surface area (Å²) in [5, 5.41) is 7.45. The lowest BCUT2D eigenvalue weighted by atomic mass is 10.1. The Kier molecular flexibility index (Phi) is 8.29. The molecule has 1 aromatic carbocycles. The number of aromatic amines is 1. The number of aromatic nitrogens is 8. The number of hydrogen-bond acceptors (Lipinski definition) is 9. The number of nitrogens with one attached hydrogen (secondary N) is 1. The molecule has 0 unspecified atom stereocenters. The summed E-state index contributed by atoms with van der Waals surface area (Å²) in [6, 6.07) is 8.92. The van der Waals surface area contributed by atoms with Crippen LogP contribution in [0.4, 0.5) is 17.6 Å². The van der Waals surface area contributed by atoms with Gasteiger partial charge in [-0.05, 0) is 43.0 Å². The molecule has 0 bridgehead atoms. The lowest BCUT2D eigenvalue weighted by molar-refractivity contribution is -0.144. The van der Waals surface area contributed by atoms with Crippen molar-refractivity contribution in [3.63, 3.8) is 0 Å². The molecule has 0 aliphatic carbocycles. The zero-order chi connectivity index (χ0) is 31.8. The van der Waals surface area contributed by atoms with Gasteiger partial charge in [-0.1, -0.05) is 23.7 Å². The first-order valence-corrected chi connectivity index (χ1v) is 15.2. The van der Waals surface area contributed by atoms with Crippen molar-refractivity contribution in [2.24, 2.45) is 0 Å². The first-order valence-electron chi connectivity index (χ1n) is 14.8. The maximum absolute atomic E-state index is 14.6. The Hall–Kier alpha value is -4.21. The Labute approximate surface area is 265 Å². The smallest absolute Gasteiger partial charge is 0.451 e. The number of H-pyrrole nitrogens is 1. The summed E-state index contributed by atoms with van der Waals surface area (Å²) in [6.45, 7) is 3.17. The van der Waals surface area contributed by atoms with Gasteiger partial charge >= 0.3 is 6.18 Å². The van der Waals surface area contributed by atoms with Gasteiger partial charge in [-0.15, -0.1) is 10.2 Å². The molecule has 16 heteroatoms. The molecule has 0 amide bonds. The second kappa shape index (κ2) is 12.5. The van der Waals surface area contributed by atoms with Gasteiger partial charge in [0.05, 0.1) is 42.6 Å². The van der Waals surface area contributed by atoms with Crippen LogP contribution in [0.1, 0.15) is 42.3 Å². The number of imidazole rings is 1. The number of nitrogens with zero attached hydrogens (tertiary/aromatic N) is 8. The van der Waals surface area contributed by atoms with Gasteiger partial charge in [0.1, 0.15) is 23.4 Å². The first-order chi connectivity index (χ1) is 22.2. The predicted molar refractivity (Wildman–Crippen MR) is 157 cm³/mol. The van der Waals surface area contributed by atoms with E-state index >= 15 is 0 Å². The third-order valence-electron chi connectivity index (χ3n) is 8.11. The number of benzene rings is 1. The average Bonchev–Trinajstić information content (AvgIpc) is 3.64. The number of rotatable bonds is 9. The van der Waals surface area contributed by atoms with E-state index in [1.807, 2.05) is 12.1 Å². The highest BCUT2D eigenvalue weighted by molar-refractivity contribution is 6.30. The second-order valence-corrected chi connectivity index (χ2v) is 11.8. The summed E-state index contributed by atoms with van der Waals surface area (Å²) in [6.07, 6.45) is 0.559. The molecule has 2 aliphatic heterocycles. The number of halogens is 5. The SMILES string of the molecule is Fc1cnc(Cc2ccc(Cl)cc2)nc1OC1CCN(Cc2nc3cc(-c4nnc(C(F)(F)F)[nH]4)ncc3n2C[C@@H]2CCO2)CC1. The van der Waals surface area contributed by atoms with E-state index < -0.39 is 17.8 Å². The maximum Gasteiger partial charge on any atom is 0.451 e. The van der Waals surface area contributed by atoms with E-state index in [0.717, 1.165) is 29.5 Å². The molecule has 11 nitrogen and oxygen atoms in total. The summed E-state index contributed by atoms with van der Waals surface area (Å²) in [5.41, 5.74) is 2.48. The van der Waals surface area contributed by atoms with Crippen molar-refractivity contribution < 1.29 is 27.0 Å². The van der Waals surface area contributed by atoms with Crippen LogP contribution in [-0.4, -0.2) is 76.5 Å². The van der Waals surface area contributed by atoms with Crippen molar-refractivity contribution >= 4 is 22.6 Å². The van der Waals surface area contributed by atoms with Crippen molar-refractivity contribution in [2.75, 3.05) is 19.7 Å². The van der Waals surface area contributed by atoms with Crippen molar-refractivity contribution in [1.82, 2.24) is 44.6 Å². The molecule has 46 heavy (non-hydrogen) atoms. The number of likely N-dealkylation sites (tertiary alicyclic amines) is 1. The summed E-state index contributed by atoms with van der Waals surface area (Å²) in [5.74, 6) is -0.713. The summed E-state index contributed by atoms with van der Waals surface area (Å²) < 4.78 is 67.4. The van der Waals surface area contributed by atoms with Crippen LogP contribution in [0.15, 0.2) is 42.7 Å². The Morgan fingerprint density at radius 1 is 1.02 bits per heavy atom. The molecule has 1 atom stereocenters. The van der Waals surface area contributed by atoms with Crippen molar-refractivity contribution in [1.29, 1.82) is 0 Å². The van der Waals surface area contributed by atoms with E-state index in [9.17, 15) is 17.6 Å². The molecule has 2 aliphatic rings. The van der Waals surface area contributed by atoms with Gasteiger partial charge in [-0.3, -0.25) is 9.88 Å². The lowest BCUT2D eigenvalue weighted by Crippen LogP contribution is -2.39. The zero-order valence-electron chi connectivity index (χ0n) is 24.3. The third-order valence-corrected chi connectivity index (χ3v) is 8.36. The molecule has 7 rings (SSSR count). The molecular weight excluding hydrogens is 630 g/mol. The van der Waals surface area contributed by atoms with E-state index in [1.54, 1.807) is 24.4 Å². The second-order valence-electron chi connectivity index (χ2n) is 11.3. The Morgan fingerprint density at radius 2 is 1.80 bits per heavy atom. The number of alkyl halides is 3. The van der Waals surface area contributed by atoms with Crippen LogP contribution in [0.2, 0.25) is 5.02 Å². The number of pyridine rings is 1. The zero-order valence-corrected chi connectivity index (χ0v) is 25.1. The molecule has 240 valence electrons. The first kappa shape index (κ1) is 30.4. The normalized spacial score (nSPS) is 17.8. The minimum absolute atomic E-state index is 0.0471. The van der Waals surface area contributed by atoms with Crippen molar-refractivity contribution in [2.45, 2.75) is 57.2 Å².